The maximum Gasteiger partial charge on any atom is 0.326 e. The topological polar surface area (TPSA) is 79.9 Å². The van der Waals surface area contributed by atoms with E-state index in [0.717, 1.165) is 5.75 Å². The van der Waals surface area contributed by atoms with Crippen LogP contribution in [0.4, 0.5) is 16.2 Å². The lowest BCUT2D eigenvalue weighted by atomic mass is 10.2. The zero-order chi connectivity index (χ0) is 25.0. The molecule has 0 spiro atoms. The number of ether oxygens (including phenoxy) is 2. The smallest absolute Gasteiger partial charge is 0.326 e. The van der Waals surface area contributed by atoms with Gasteiger partial charge in [0, 0.05) is 24.5 Å². The summed E-state index contributed by atoms with van der Waals surface area (Å²) in [5.41, 5.74) is 1.34. The molecule has 0 atom stereocenters. The molecular weight excluding hydrogens is 454 g/mol. The average molecular weight is 482 g/mol. The molecule has 0 saturated carbocycles. The number of urea groups is 1. The number of benzene rings is 4. The van der Waals surface area contributed by atoms with Crippen molar-refractivity contribution in [1.29, 1.82) is 0 Å². The summed E-state index contributed by atoms with van der Waals surface area (Å²) < 4.78 is 11.3. The highest BCUT2D eigenvalue weighted by molar-refractivity contribution is 6.01. The summed E-state index contributed by atoms with van der Waals surface area (Å²) in [4.78, 5) is 26.9. The summed E-state index contributed by atoms with van der Waals surface area (Å²) in [6.07, 6.45) is 0. The first-order chi connectivity index (χ1) is 17.7. The van der Waals surface area contributed by atoms with Gasteiger partial charge < -0.3 is 20.1 Å². The Morgan fingerprint density at radius 1 is 0.667 bits per heavy atom. The molecule has 0 unspecified atom stereocenters. The van der Waals surface area contributed by atoms with Crippen LogP contribution in [0.5, 0.6) is 17.2 Å². The lowest BCUT2D eigenvalue weighted by molar-refractivity contribution is -0.123. The third kappa shape index (κ3) is 7.36. The third-order valence-electron chi connectivity index (χ3n) is 5.17. The molecule has 7 nitrogen and oxygen atoms in total. The maximum absolute atomic E-state index is 13.1. The third-order valence-corrected chi connectivity index (χ3v) is 5.17. The van der Waals surface area contributed by atoms with Gasteiger partial charge in [0.25, 0.3) is 5.91 Å². The highest BCUT2D eigenvalue weighted by Crippen LogP contribution is 2.25. The van der Waals surface area contributed by atoms with E-state index in [2.05, 4.69) is 10.6 Å². The predicted octanol–water partition coefficient (Wildman–Crippen LogP) is 5.71. The second-order valence-electron chi connectivity index (χ2n) is 7.81. The molecule has 0 bridgehead atoms. The summed E-state index contributed by atoms with van der Waals surface area (Å²) in [6, 6.07) is 34.7. The molecule has 0 fully saturated rings. The van der Waals surface area contributed by atoms with Crippen molar-refractivity contribution in [2.45, 2.75) is 0 Å². The van der Waals surface area contributed by atoms with Crippen LogP contribution in [0.15, 0.2) is 115 Å². The Bertz CT molecular complexity index is 1230. The highest BCUT2D eigenvalue weighted by Gasteiger charge is 2.17. The van der Waals surface area contributed by atoms with Crippen LogP contribution in [0.2, 0.25) is 0 Å². The molecule has 3 amide bonds. The minimum absolute atomic E-state index is 0.105. The van der Waals surface area contributed by atoms with Crippen LogP contribution in [0.3, 0.4) is 0 Å². The molecule has 0 aromatic heterocycles. The van der Waals surface area contributed by atoms with Gasteiger partial charge >= 0.3 is 6.03 Å². The molecule has 4 aromatic carbocycles. The summed E-state index contributed by atoms with van der Waals surface area (Å²) in [5.74, 6) is 1.73. The number of carbonyl (C=O) groups excluding carboxylic acids is 2. The number of anilines is 2. The number of nitrogens with one attached hydrogen (secondary N) is 2. The number of hydrogen-bond donors (Lipinski definition) is 2. The van der Waals surface area contributed by atoms with Crippen LogP contribution in [0.1, 0.15) is 0 Å². The van der Waals surface area contributed by atoms with Crippen molar-refractivity contribution >= 4 is 23.3 Å². The Morgan fingerprint density at radius 3 is 1.86 bits per heavy atom. The summed E-state index contributed by atoms with van der Waals surface area (Å²) in [5, 5.41) is 5.70. The molecule has 4 rings (SSSR count). The normalized spacial score (nSPS) is 10.2. The monoisotopic (exact) mass is 481 g/mol. The quantitative estimate of drug-likeness (QED) is 0.304. The van der Waals surface area contributed by atoms with Gasteiger partial charge in [-0.1, -0.05) is 54.6 Å². The van der Waals surface area contributed by atoms with E-state index in [1.54, 1.807) is 29.2 Å². The van der Waals surface area contributed by atoms with Gasteiger partial charge in [0.1, 0.15) is 17.2 Å². The molecule has 0 heterocycles. The molecule has 36 heavy (non-hydrogen) atoms. The molecular formula is C29H27N3O4. The van der Waals surface area contributed by atoms with E-state index in [9.17, 15) is 9.59 Å². The van der Waals surface area contributed by atoms with Gasteiger partial charge in [-0.2, -0.15) is 0 Å². The fourth-order valence-electron chi connectivity index (χ4n) is 3.40. The Hall–Kier alpha value is -4.78. The lowest BCUT2D eigenvalue weighted by Crippen LogP contribution is -2.42. The van der Waals surface area contributed by atoms with Gasteiger partial charge in [-0.15, -0.1) is 0 Å². The van der Waals surface area contributed by atoms with Crippen molar-refractivity contribution in [3.05, 3.63) is 115 Å². The first-order valence-electron chi connectivity index (χ1n) is 11.6. The Morgan fingerprint density at radius 2 is 1.22 bits per heavy atom. The number of para-hydroxylation sites is 3. The van der Waals surface area contributed by atoms with Gasteiger partial charge in [0.2, 0.25) is 0 Å². The first kappa shape index (κ1) is 24.3. The lowest BCUT2D eigenvalue weighted by Gasteiger charge is -2.24. The van der Waals surface area contributed by atoms with Crippen molar-refractivity contribution in [3.8, 4) is 17.2 Å². The van der Waals surface area contributed by atoms with Crippen molar-refractivity contribution in [2.24, 2.45) is 0 Å². The number of hydrogen-bond acceptors (Lipinski definition) is 4. The van der Waals surface area contributed by atoms with E-state index < -0.39 is 0 Å². The molecule has 4 aromatic rings. The highest BCUT2D eigenvalue weighted by atomic mass is 16.5. The van der Waals surface area contributed by atoms with Crippen LogP contribution in [-0.2, 0) is 4.79 Å². The fourth-order valence-corrected chi connectivity index (χ4v) is 3.40. The van der Waals surface area contributed by atoms with E-state index in [1.807, 2.05) is 91.0 Å². The van der Waals surface area contributed by atoms with Gasteiger partial charge in [0.15, 0.2) is 6.61 Å². The molecule has 2 N–H and O–H groups in total. The van der Waals surface area contributed by atoms with Crippen LogP contribution in [0.25, 0.3) is 0 Å². The average Bonchev–Trinajstić information content (AvgIpc) is 2.92. The van der Waals surface area contributed by atoms with Crippen LogP contribution in [0, 0.1) is 0 Å². The van der Waals surface area contributed by atoms with Crippen molar-refractivity contribution in [1.82, 2.24) is 5.32 Å². The maximum atomic E-state index is 13.1. The summed E-state index contributed by atoms with van der Waals surface area (Å²) >= 11 is 0. The molecule has 7 heteroatoms. The fraction of sp³-hybridized carbons (Fsp3) is 0.103. The van der Waals surface area contributed by atoms with Crippen molar-refractivity contribution in [2.75, 3.05) is 29.9 Å². The first-order valence-corrected chi connectivity index (χ1v) is 11.6. The minimum atomic E-state index is -0.312. The van der Waals surface area contributed by atoms with Gasteiger partial charge in [0.05, 0.1) is 0 Å². The summed E-state index contributed by atoms with van der Waals surface area (Å²) in [7, 11) is 0. The zero-order valence-electron chi connectivity index (χ0n) is 19.7. The van der Waals surface area contributed by atoms with E-state index in [1.165, 1.54) is 0 Å². The SMILES string of the molecule is O=C(COc1ccccc1)NCCN(C(=O)Nc1ccccc1)c1ccc(Oc2ccccc2)cc1. The van der Waals surface area contributed by atoms with E-state index >= 15 is 0 Å². The molecule has 0 saturated heterocycles. The zero-order valence-corrected chi connectivity index (χ0v) is 19.7. The Labute approximate surface area is 210 Å². The Balaban J connectivity index is 1.38. The van der Waals surface area contributed by atoms with E-state index in [0.29, 0.717) is 22.9 Å². The van der Waals surface area contributed by atoms with Crippen molar-refractivity contribution < 1.29 is 19.1 Å². The number of amides is 3. The van der Waals surface area contributed by atoms with Crippen molar-refractivity contribution in [3.63, 3.8) is 0 Å². The van der Waals surface area contributed by atoms with Crippen LogP contribution >= 0.6 is 0 Å². The number of rotatable bonds is 10. The predicted molar refractivity (Wildman–Crippen MR) is 141 cm³/mol. The number of carbonyl (C=O) groups is 2. The van der Waals surface area contributed by atoms with Gasteiger partial charge in [-0.25, -0.2) is 4.79 Å². The standard InChI is InChI=1S/C29H27N3O4/c33-28(22-35-25-12-6-2-7-13-25)30-20-21-32(29(34)31-23-10-4-1-5-11-23)24-16-18-27(19-17-24)36-26-14-8-3-9-15-26/h1-19H,20-22H2,(H,30,33)(H,31,34). The second kappa shape index (κ2) is 12.6. The molecule has 0 aliphatic heterocycles. The van der Waals surface area contributed by atoms with Crippen LogP contribution < -0.4 is 25.0 Å². The van der Waals surface area contributed by atoms with E-state index in [4.69, 9.17) is 9.47 Å². The molecule has 182 valence electrons. The number of nitrogens with zero attached hydrogens (tertiary/aromatic N) is 1. The minimum Gasteiger partial charge on any atom is -0.484 e. The molecule has 0 radical (unpaired) electrons. The van der Waals surface area contributed by atoms with Gasteiger partial charge in [-0.3, -0.25) is 9.69 Å². The van der Waals surface area contributed by atoms with Crippen LogP contribution in [-0.4, -0.2) is 31.6 Å². The molecule has 0 aliphatic rings. The van der Waals surface area contributed by atoms with Gasteiger partial charge in [-0.05, 0) is 60.7 Å². The second-order valence-corrected chi connectivity index (χ2v) is 7.81. The molecule has 0 aliphatic carbocycles. The Kier molecular flexibility index (Phi) is 8.53. The van der Waals surface area contributed by atoms with E-state index in [-0.39, 0.29) is 31.6 Å². The summed E-state index contributed by atoms with van der Waals surface area (Å²) in [6.45, 7) is 0.405. The largest absolute Gasteiger partial charge is 0.484 e.